The number of fused-ring (bicyclic) bond motifs is 3. The quantitative estimate of drug-likeness (QED) is 0.182. The third-order valence-electron chi connectivity index (χ3n) is 10.6. The van der Waals surface area contributed by atoms with Crippen LogP contribution in [-0.4, -0.2) is 9.97 Å². The van der Waals surface area contributed by atoms with E-state index < -0.39 is 0 Å². The predicted molar refractivity (Wildman–Crippen MR) is 205 cm³/mol. The van der Waals surface area contributed by atoms with Gasteiger partial charge >= 0.3 is 0 Å². The zero-order valence-electron chi connectivity index (χ0n) is 27.4. The van der Waals surface area contributed by atoms with Crippen LogP contribution in [-0.2, 0) is 5.41 Å². The SMILES string of the molecule is CC1(C)c2ccccc2-c2ccc(-c3cc(-c4cccc(-c5ccc6ccc7cccc8ccc5c6c78)c4)nc(-c4ccccc4)n3)cc21. The fourth-order valence-electron chi connectivity index (χ4n) is 8.16. The molecule has 1 aromatic heterocycles. The van der Waals surface area contributed by atoms with Crippen molar-refractivity contribution in [2.75, 3.05) is 0 Å². The lowest BCUT2D eigenvalue weighted by atomic mass is 9.82. The van der Waals surface area contributed by atoms with Crippen LogP contribution < -0.4 is 0 Å². The molecule has 1 aliphatic rings. The van der Waals surface area contributed by atoms with Crippen molar-refractivity contribution < 1.29 is 0 Å². The Morgan fingerprint density at radius 1 is 0.388 bits per heavy atom. The van der Waals surface area contributed by atoms with Crippen molar-refractivity contribution in [2.24, 2.45) is 0 Å². The molecule has 0 amide bonds. The minimum absolute atomic E-state index is 0.0882. The summed E-state index contributed by atoms with van der Waals surface area (Å²) in [6.07, 6.45) is 0. The molecule has 0 fully saturated rings. The summed E-state index contributed by atoms with van der Waals surface area (Å²) in [6.45, 7) is 4.65. The van der Waals surface area contributed by atoms with E-state index in [4.69, 9.17) is 9.97 Å². The second kappa shape index (κ2) is 10.4. The largest absolute Gasteiger partial charge is 0.228 e. The van der Waals surface area contributed by atoms with Crippen LogP contribution in [0.25, 0.3) is 88.5 Å². The Morgan fingerprint density at radius 2 is 0.980 bits per heavy atom. The lowest BCUT2D eigenvalue weighted by Gasteiger charge is -2.22. The van der Waals surface area contributed by atoms with E-state index in [2.05, 4.69) is 166 Å². The normalized spacial score (nSPS) is 13.3. The van der Waals surface area contributed by atoms with Crippen LogP contribution in [0.15, 0.2) is 158 Å². The zero-order valence-corrected chi connectivity index (χ0v) is 27.4. The lowest BCUT2D eigenvalue weighted by Crippen LogP contribution is -2.14. The summed E-state index contributed by atoms with van der Waals surface area (Å²) >= 11 is 0. The number of nitrogens with zero attached hydrogens (tertiary/aromatic N) is 2. The first-order valence-electron chi connectivity index (χ1n) is 17.0. The molecule has 0 atom stereocenters. The minimum atomic E-state index is -0.0882. The molecule has 8 aromatic carbocycles. The molecule has 10 rings (SSSR count). The van der Waals surface area contributed by atoms with Crippen LogP contribution in [0, 0.1) is 0 Å². The molecule has 0 N–H and O–H groups in total. The van der Waals surface area contributed by atoms with Crippen LogP contribution in [0.4, 0.5) is 0 Å². The maximum atomic E-state index is 5.19. The van der Waals surface area contributed by atoms with Gasteiger partial charge in [0.15, 0.2) is 5.82 Å². The summed E-state index contributed by atoms with van der Waals surface area (Å²) < 4.78 is 0. The summed E-state index contributed by atoms with van der Waals surface area (Å²) in [7, 11) is 0. The molecule has 1 heterocycles. The van der Waals surface area contributed by atoms with Gasteiger partial charge in [0.2, 0.25) is 0 Å². The standard InChI is InChI=1S/C47H32N2/c1-47(2)40-17-7-6-16-37(40)38-24-22-35(27-41(38)47)43-28-42(48-46(49-43)32-10-4-3-5-11-32)34-15-9-14-33(26-34)36-23-20-31-19-18-29-12-8-13-30-21-25-39(36)45(31)44(29)30/h3-28H,1-2H3. The molecule has 0 aliphatic heterocycles. The monoisotopic (exact) mass is 624 g/mol. The van der Waals surface area contributed by atoms with Gasteiger partial charge in [0.25, 0.3) is 0 Å². The van der Waals surface area contributed by atoms with Crippen molar-refractivity contribution >= 4 is 32.3 Å². The zero-order chi connectivity index (χ0) is 32.7. The van der Waals surface area contributed by atoms with Crippen LogP contribution >= 0.6 is 0 Å². The highest BCUT2D eigenvalue weighted by molar-refractivity contribution is 6.25. The molecule has 230 valence electrons. The van der Waals surface area contributed by atoms with Gasteiger partial charge in [-0.2, -0.15) is 0 Å². The Kier molecular flexibility index (Phi) is 5.95. The van der Waals surface area contributed by atoms with E-state index in [9.17, 15) is 0 Å². The number of benzene rings is 8. The van der Waals surface area contributed by atoms with Gasteiger partial charge in [-0.05, 0) is 83.9 Å². The van der Waals surface area contributed by atoms with Gasteiger partial charge in [-0.1, -0.05) is 153 Å². The van der Waals surface area contributed by atoms with Gasteiger partial charge in [0.1, 0.15) is 0 Å². The van der Waals surface area contributed by atoms with Crippen molar-refractivity contribution in [1.82, 2.24) is 9.97 Å². The molecule has 49 heavy (non-hydrogen) atoms. The number of hydrogen-bond donors (Lipinski definition) is 0. The molecule has 0 bridgehead atoms. The summed E-state index contributed by atoms with van der Waals surface area (Å²) in [5.41, 5.74) is 12.7. The highest BCUT2D eigenvalue weighted by atomic mass is 14.9. The average Bonchev–Trinajstić information content (AvgIpc) is 3.39. The first-order valence-corrected chi connectivity index (χ1v) is 17.0. The van der Waals surface area contributed by atoms with Crippen molar-refractivity contribution in [2.45, 2.75) is 19.3 Å². The van der Waals surface area contributed by atoms with Crippen LogP contribution in [0.1, 0.15) is 25.0 Å². The Morgan fingerprint density at radius 3 is 1.80 bits per heavy atom. The minimum Gasteiger partial charge on any atom is -0.228 e. The highest BCUT2D eigenvalue weighted by Gasteiger charge is 2.35. The van der Waals surface area contributed by atoms with Crippen LogP contribution in [0.2, 0.25) is 0 Å². The van der Waals surface area contributed by atoms with E-state index in [1.807, 2.05) is 6.07 Å². The van der Waals surface area contributed by atoms with Gasteiger partial charge in [-0.15, -0.1) is 0 Å². The summed E-state index contributed by atoms with van der Waals surface area (Å²) in [5, 5.41) is 7.77. The molecule has 0 radical (unpaired) electrons. The first-order chi connectivity index (χ1) is 24.0. The Balaban J connectivity index is 1.14. The maximum Gasteiger partial charge on any atom is 0.160 e. The van der Waals surface area contributed by atoms with E-state index in [1.54, 1.807) is 0 Å². The smallest absolute Gasteiger partial charge is 0.160 e. The lowest BCUT2D eigenvalue weighted by molar-refractivity contribution is 0.660. The predicted octanol–water partition coefficient (Wildman–Crippen LogP) is 12.3. The van der Waals surface area contributed by atoms with Gasteiger partial charge in [0.05, 0.1) is 11.4 Å². The Bertz CT molecular complexity index is 2720. The van der Waals surface area contributed by atoms with Gasteiger partial charge in [-0.25, -0.2) is 9.97 Å². The second-order valence-electron chi connectivity index (χ2n) is 13.8. The average molecular weight is 625 g/mol. The topological polar surface area (TPSA) is 25.8 Å². The molecular formula is C47H32N2. The van der Waals surface area contributed by atoms with Crippen molar-refractivity contribution in [3.8, 4) is 56.2 Å². The van der Waals surface area contributed by atoms with E-state index in [0.29, 0.717) is 0 Å². The van der Waals surface area contributed by atoms with Crippen LogP contribution in [0.5, 0.6) is 0 Å². The van der Waals surface area contributed by atoms with Gasteiger partial charge in [0, 0.05) is 22.1 Å². The molecule has 0 saturated heterocycles. The Hall–Kier alpha value is -6.12. The highest BCUT2D eigenvalue weighted by Crippen LogP contribution is 2.49. The van der Waals surface area contributed by atoms with Crippen LogP contribution in [0.3, 0.4) is 0 Å². The fraction of sp³-hybridized carbons (Fsp3) is 0.0638. The third kappa shape index (κ3) is 4.27. The molecule has 2 heteroatoms. The van der Waals surface area contributed by atoms with E-state index >= 15 is 0 Å². The summed E-state index contributed by atoms with van der Waals surface area (Å²) in [6, 6.07) is 57.1. The number of aromatic nitrogens is 2. The number of rotatable bonds is 4. The van der Waals surface area contributed by atoms with Gasteiger partial charge in [-0.3, -0.25) is 0 Å². The Labute approximate surface area is 285 Å². The van der Waals surface area contributed by atoms with E-state index in [-0.39, 0.29) is 5.41 Å². The summed E-state index contributed by atoms with van der Waals surface area (Å²) in [4.78, 5) is 10.4. The first kappa shape index (κ1) is 27.9. The van der Waals surface area contributed by atoms with E-state index in [1.165, 1.54) is 65.7 Å². The van der Waals surface area contributed by atoms with Crippen molar-refractivity contribution in [3.63, 3.8) is 0 Å². The second-order valence-corrected chi connectivity index (χ2v) is 13.8. The molecule has 0 spiro atoms. The number of hydrogen-bond acceptors (Lipinski definition) is 2. The maximum absolute atomic E-state index is 5.19. The summed E-state index contributed by atoms with van der Waals surface area (Å²) in [5.74, 6) is 0.726. The third-order valence-corrected chi connectivity index (χ3v) is 10.6. The van der Waals surface area contributed by atoms with Gasteiger partial charge < -0.3 is 0 Å². The molecule has 0 unspecified atom stereocenters. The molecule has 0 saturated carbocycles. The van der Waals surface area contributed by atoms with Crippen molar-refractivity contribution in [3.05, 3.63) is 169 Å². The molecular weight excluding hydrogens is 593 g/mol. The molecule has 2 nitrogen and oxygen atoms in total. The fourth-order valence-corrected chi connectivity index (χ4v) is 8.16. The van der Waals surface area contributed by atoms with Crippen molar-refractivity contribution in [1.29, 1.82) is 0 Å². The van der Waals surface area contributed by atoms with E-state index in [0.717, 1.165) is 33.9 Å². The molecule has 1 aliphatic carbocycles. The molecule has 9 aromatic rings.